The average molecular weight is 275 g/mol. The number of ether oxygens (including phenoxy) is 3. The van der Waals surface area contributed by atoms with Crippen LogP contribution in [0.4, 0.5) is 11.4 Å². The maximum absolute atomic E-state index is 9.30. The van der Waals surface area contributed by atoms with Crippen molar-refractivity contribution < 1.29 is 19.3 Å². The highest BCUT2D eigenvalue weighted by Crippen LogP contribution is 2.40. The van der Waals surface area contributed by atoms with Crippen molar-refractivity contribution in [1.82, 2.24) is 0 Å². The van der Waals surface area contributed by atoms with Crippen molar-refractivity contribution in [3.8, 4) is 23.0 Å². The Morgan fingerprint density at radius 2 is 1.40 bits per heavy atom. The first kappa shape index (κ1) is 13.9. The number of anilines is 2. The fourth-order valence-corrected chi connectivity index (χ4v) is 1.82. The summed E-state index contributed by atoms with van der Waals surface area (Å²) in [4.78, 5) is 0. The van der Waals surface area contributed by atoms with Gasteiger partial charge in [-0.2, -0.15) is 0 Å². The van der Waals surface area contributed by atoms with Crippen LogP contribution in [0.3, 0.4) is 0 Å². The van der Waals surface area contributed by atoms with Crippen molar-refractivity contribution in [1.29, 1.82) is 0 Å². The Morgan fingerprint density at radius 1 is 0.850 bits per heavy atom. The van der Waals surface area contributed by atoms with E-state index in [9.17, 15) is 5.11 Å². The largest absolute Gasteiger partial charge is 0.508 e. The van der Waals surface area contributed by atoms with Gasteiger partial charge in [-0.25, -0.2) is 0 Å². The summed E-state index contributed by atoms with van der Waals surface area (Å²) in [6, 6.07) is 10.3. The number of aromatic hydroxyl groups is 1. The molecule has 0 saturated heterocycles. The van der Waals surface area contributed by atoms with Gasteiger partial charge in [0, 0.05) is 17.8 Å². The number of benzene rings is 2. The third-order valence-corrected chi connectivity index (χ3v) is 2.85. The Bertz CT molecular complexity index is 556. The van der Waals surface area contributed by atoms with E-state index in [-0.39, 0.29) is 5.75 Å². The third kappa shape index (κ3) is 2.88. The van der Waals surface area contributed by atoms with Crippen molar-refractivity contribution in [2.75, 3.05) is 26.6 Å². The van der Waals surface area contributed by atoms with E-state index in [4.69, 9.17) is 14.2 Å². The topological polar surface area (TPSA) is 60.0 Å². The molecule has 2 aromatic rings. The molecule has 2 aromatic carbocycles. The van der Waals surface area contributed by atoms with Gasteiger partial charge < -0.3 is 24.6 Å². The highest BCUT2D eigenvalue weighted by Gasteiger charge is 2.13. The van der Waals surface area contributed by atoms with E-state index in [1.807, 2.05) is 0 Å². The summed E-state index contributed by atoms with van der Waals surface area (Å²) in [5.74, 6) is 2.07. The molecule has 0 aliphatic heterocycles. The molecule has 0 atom stereocenters. The molecule has 5 nitrogen and oxygen atoms in total. The van der Waals surface area contributed by atoms with E-state index in [0.717, 1.165) is 5.69 Å². The van der Waals surface area contributed by atoms with E-state index in [2.05, 4.69) is 5.32 Å². The first-order valence-electron chi connectivity index (χ1n) is 6.04. The maximum atomic E-state index is 9.30. The minimum Gasteiger partial charge on any atom is -0.508 e. The summed E-state index contributed by atoms with van der Waals surface area (Å²) >= 11 is 0. The van der Waals surface area contributed by atoms with Crippen molar-refractivity contribution in [3.05, 3.63) is 36.4 Å². The first-order chi connectivity index (χ1) is 9.67. The minimum absolute atomic E-state index is 0.212. The van der Waals surface area contributed by atoms with E-state index < -0.39 is 0 Å². The SMILES string of the molecule is COc1cc(OC)c(Nc2ccc(O)cc2)c(OC)c1. The molecule has 0 fully saturated rings. The van der Waals surface area contributed by atoms with Gasteiger partial charge in [-0.05, 0) is 24.3 Å². The minimum atomic E-state index is 0.212. The van der Waals surface area contributed by atoms with Gasteiger partial charge in [-0.15, -0.1) is 0 Å². The molecular formula is C15H17NO4. The maximum Gasteiger partial charge on any atom is 0.149 e. The molecule has 0 radical (unpaired) electrons. The van der Waals surface area contributed by atoms with Crippen LogP contribution in [0.2, 0.25) is 0 Å². The Kier molecular flexibility index (Phi) is 4.20. The number of nitrogens with one attached hydrogen (secondary N) is 1. The van der Waals surface area contributed by atoms with E-state index >= 15 is 0 Å². The van der Waals surface area contributed by atoms with Gasteiger partial charge in [0.15, 0.2) is 0 Å². The number of hydrogen-bond acceptors (Lipinski definition) is 5. The van der Waals surface area contributed by atoms with E-state index in [1.165, 1.54) is 0 Å². The normalized spacial score (nSPS) is 9.95. The van der Waals surface area contributed by atoms with Crippen molar-refractivity contribution in [3.63, 3.8) is 0 Å². The summed E-state index contributed by atoms with van der Waals surface area (Å²) in [5, 5.41) is 12.5. The number of hydrogen-bond donors (Lipinski definition) is 2. The van der Waals surface area contributed by atoms with Crippen LogP contribution in [-0.4, -0.2) is 26.4 Å². The fraction of sp³-hybridized carbons (Fsp3) is 0.200. The lowest BCUT2D eigenvalue weighted by atomic mass is 10.2. The molecule has 0 aliphatic carbocycles. The molecule has 2 N–H and O–H groups in total. The monoisotopic (exact) mass is 275 g/mol. The van der Waals surface area contributed by atoms with Gasteiger partial charge in [0.1, 0.15) is 28.7 Å². The van der Waals surface area contributed by atoms with E-state index in [1.54, 1.807) is 57.7 Å². The molecule has 0 unspecified atom stereocenters. The predicted octanol–water partition coefficient (Wildman–Crippen LogP) is 3.16. The summed E-state index contributed by atoms with van der Waals surface area (Å²) in [7, 11) is 4.74. The van der Waals surface area contributed by atoms with Crippen molar-refractivity contribution >= 4 is 11.4 Å². The van der Waals surface area contributed by atoms with Gasteiger partial charge in [-0.1, -0.05) is 0 Å². The molecule has 0 saturated carbocycles. The molecule has 106 valence electrons. The number of rotatable bonds is 5. The molecule has 0 amide bonds. The van der Waals surface area contributed by atoms with Crippen LogP contribution in [-0.2, 0) is 0 Å². The molecule has 5 heteroatoms. The van der Waals surface area contributed by atoms with Gasteiger partial charge in [-0.3, -0.25) is 0 Å². The molecule has 0 heterocycles. The summed E-state index contributed by atoms with van der Waals surface area (Å²) in [6.45, 7) is 0. The first-order valence-corrected chi connectivity index (χ1v) is 6.04. The van der Waals surface area contributed by atoms with Gasteiger partial charge in [0.2, 0.25) is 0 Å². The summed E-state index contributed by atoms with van der Waals surface area (Å²) < 4.78 is 15.9. The van der Waals surface area contributed by atoms with Crippen LogP contribution in [0.5, 0.6) is 23.0 Å². The number of methoxy groups -OCH3 is 3. The van der Waals surface area contributed by atoms with Crippen molar-refractivity contribution in [2.24, 2.45) is 0 Å². The second kappa shape index (κ2) is 6.06. The van der Waals surface area contributed by atoms with Crippen molar-refractivity contribution in [2.45, 2.75) is 0 Å². The smallest absolute Gasteiger partial charge is 0.149 e. The molecule has 20 heavy (non-hydrogen) atoms. The van der Waals surface area contributed by atoms with Gasteiger partial charge in [0.25, 0.3) is 0 Å². The lowest BCUT2D eigenvalue weighted by Crippen LogP contribution is -1.99. The van der Waals surface area contributed by atoms with Crippen LogP contribution in [0.25, 0.3) is 0 Å². The van der Waals surface area contributed by atoms with Gasteiger partial charge >= 0.3 is 0 Å². The Balaban J connectivity index is 2.41. The van der Waals surface area contributed by atoms with Gasteiger partial charge in [0.05, 0.1) is 21.3 Å². The molecular weight excluding hydrogens is 258 g/mol. The number of phenols is 1. The zero-order chi connectivity index (χ0) is 14.5. The second-order valence-corrected chi connectivity index (χ2v) is 4.08. The second-order valence-electron chi connectivity index (χ2n) is 4.08. The zero-order valence-electron chi connectivity index (χ0n) is 11.6. The third-order valence-electron chi connectivity index (χ3n) is 2.85. The van der Waals surface area contributed by atoms with Crippen LogP contribution < -0.4 is 19.5 Å². The molecule has 0 spiro atoms. The Hall–Kier alpha value is -2.56. The fourth-order valence-electron chi connectivity index (χ4n) is 1.82. The van der Waals surface area contributed by atoms with Crippen LogP contribution >= 0.6 is 0 Å². The standard InChI is InChI=1S/C15H17NO4/c1-18-12-8-13(19-2)15(14(9-12)20-3)16-10-4-6-11(17)7-5-10/h4-9,16-17H,1-3H3. The molecule has 0 aliphatic rings. The molecule has 0 aromatic heterocycles. The predicted molar refractivity (Wildman–Crippen MR) is 77.5 cm³/mol. The van der Waals surface area contributed by atoms with E-state index in [0.29, 0.717) is 22.9 Å². The van der Waals surface area contributed by atoms with Crippen LogP contribution in [0, 0.1) is 0 Å². The quantitative estimate of drug-likeness (QED) is 0.821. The summed E-state index contributed by atoms with van der Waals surface area (Å²) in [6.07, 6.45) is 0. The average Bonchev–Trinajstić information content (AvgIpc) is 2.49. The summed E-state index contributed by atoms with van der Waals surface area (Å²) in [5.41, 5.74) is 1.51. The lowest BCUT2D eigenvalue weighted by molar-refractivity contribution is 0.378. The Labute approximate surface area is 117 Å². The number of phenolic OH excluding ortho intramolecular Hbond substituents is 1. The highest BCUT2D eigenvalue weighted by molar-refractivity contribution is 5.74. The Morgan fingerprint density at radius 3 is 1.85 bits per heavy atom. The lowest BCUT2D eigenvalue weighted by Gasteiger charge is -2.16. The zero-order valence-corrected chi connectivity index (χ0v) is 11.6. The molecule has 0 bridgehead atoms. The highest BCUT2D eigenvalue weighted by atomic mass is 16.5. The molecule has 2 rings (SSSR count). The van der Waals surface area contributed by atoms with Crippen LogP contribution in [0.15, 0.2) is 36.4 Å². The van der Waals surface area contributed by atoms with Crippen LogP contribution in [0.1, 0.15) is 0 Å².